The first-order chi connectivity index (χ1) is 7.70. The van der Waals surface area contributed by atoms with Crippen molar-refractivity contribution in [2.45, 2.75) is 13.3 Å². The second-order valence-electron chi connectivity index (χ2n) is 3.53. The third-order valence-corrected chi connectivity index (χ3v) is 2.43. The van der Waals surface area contributed by atoms with Crippen molar-refractivity contribution in [1.82, 2.24) is 9.97 Å². The number of hydrogen-bond acceptors (Lipinski definition) is 2. The van der Waals surface area contributed by atoms with E-state index in [0.29, 0.717) is 5.56 Å². The fourth-order valence-corrected chi connectivity index (χ4v) is 1.50. The molecular formula is C12H13N3O. The maximum atomic E-state index is 10.9. The molecule has 1 aromatic carbocycles. The van der Waals surface area contributed by atoms with Crippen LogP contribution in [-0.2, 0) is 6.42 Å². The van der Waals surface area contributed by atoms with E-state index < -0.39 is 5.91 Å². The van der Waals surface area contributed by atoms with Crippen LogP contribution in [0.4, 0.5) is 0 Å². The molecule has 1 heterocycles. The minimum absolute atomic E-state index is 0.414. The van der Waals surface area contributed by atoms with Gasteiger partial charge >= 0.3 is 0 Å². The van der Waals surface area contributed by atoms with Gasteiger partial charge in [0.15, 0.2) is 0 Å². The molecule has 0 spiro atoms. The zero-order valence-electron chi connectivity index (χ0n) is 9.03. The van der Waals surface area contributed by atoms with Crippen LogP contribution in [0.3, 0.4) is 0 Å². The molecule has 0 aliphatic heterocycles. The molecule has 0 atom stereocenters. The second-order valence-corrected chi connectivity index (χ2v) is 3.53. The second kappa shape index (κ2) is 4.18. The van der Waals surface area contributed by atoms with Gasteiger partial charge in [-0.25, -0.2) is 4.98 Å². The van der Waals surface area contributed by atoms with Crippen LogP contribution in [-0.4, -0.2) is 15.9 Å². The van der Waals surface area contributed by atoms with E-state index in [2.05, 4.69) is 9.97 Å². The fraction of sp³-hybridized carbons (Fsp3) is 0.167. The van der Waals surface area contributed by atoms with Gasteiger partial charge in [0.1, 0.15) is 5.82 Å². The van der Waals surface area contributed by atoms with Crippen molar-refractivity contribution in [3.05, 3.63) is 41.9 Å². The fourth-order valence-electron chi connectivity index (χ4n) is 1.50. The smallest absolute Gasteiger partial charge is 0.248 e. The Labute approximate surface area is 93.5 Å². The standard InChI is InChI=1S/C12H13N3O/c1-2-11-14-7-10(15-11)8-3-5-9(6-4-8)12(13)16/h3-7H,2H2,1H3,(H2,13,16)(H,14,15). The van der Waals surface area contributed by atoms with Gasteiger partial charge in [0.25, 0.3) is 0 Å². The van der Waals surface area contributed by atoms with Crippen molar-refractivity contribution in [3.63, 3.8) is 0 Å². The average Bonchev–Trinajstić information content (AvgIpc) is 2.77. The normalized spacial score (nSPS) is 10.3. The number of primary amides is 1. The number of aryl methyl sites for hydroxylation is 1. The van der Waals surface area contributed by atoms with Gasteiger partial charge in [0, 0.05) is 23.7 Å². The molecule has 1 aromatic heterocycles. The highest BCUT2D eigenvalue weighted by Crippen LogP contribution is 2.17. The predicted octanol–water partition coefficient (Wildman–Crippen LogP) is 1.74. The summed E-state index contributed by atoms with van der Waals surface area (Å²) < 4.78 is 0. The molecule has 0 radical (unpaired) electrons. The lowest BCUT2D eigenvalue weighted by Crippen LogP contribution is -2.10. The van der Waals surface area contributed by atoms with Gasteiger partial charge in [-0.2, -0.15) is 0 Å². The molecule has 1 amide bonds. The summed E-state index contributed by atoms with van der Waals surface area (Å²) in [4.78, 5) is 18.4. The topological polar surface area (TPSA) is 71.8 Å². The van der Waals surface area contributed by atoms with Crippen molar-refractivity contribution in [3.8, 4) is 11.3 Å². The zero-order valence-corrected chi connectivity index (χ0v) is 9.03. The summed E-state index contributed by atoms with van der Waals surface area (Å²) in [5.74, 6) is 0.539. The molecule has 0 saturated heterocycles. The van der Waals surface area contributed by atoms with Crippen LogP contribution in [0.1, 0.15) is 23.1 Å². The summed E-state index contributed by atoms with van der Waals surface area (Å²) in [6, 6.07) is 7.10. The predicted molar refractivity (Wildman–Crippen MR) is 61.9 cm³/mol. The number of hydrogen-bond donors (Lipinski definition) is 2. The van der Waals surface area contributed by atoms with E-state index in [1.807, 2.05) is 25.3 Å². The Bertz CT molecular complexity index is 499. The number of imidazole rings is 1. The van der Waals surface area contributed by atoms with Gasteiger partial charge in [-0.1, -0.05) is 19.1 Å². The minimum Gasteiger partial charge on any atom is -0.366 e. The largest absolute Gasteiger partial charge is 0.366 e. The van der Waals surface area contributed by atoms with E-state index in [0.717, 1.165) is 23.5 Å². The van der Waals surface area contributed by atoms with Crippen LogP contribution >= 0.6 is 0 Å². The summed E-state index contributed by atoms with van der Waals surface area (Å²) in [6.07, 6.45) is 2.73. The van der Waals surface area contributed by atoms with Crippen LogP contribution in [0.2, 0.25) is 0 Å². The zero-order chi connectivity index (χ0) is 11.5. The van der Waals surface area contributed by atoms with E-state index in [-0.39, 0.29) is 0 Å². The molecule has 0 fully saturated rings. The molecule has 4 heteroatoms. The summed E-state index contributed by atoms with van der Waals surface area (Å²) in [5, 5.41) is 0. The number of carbonyl (C=O) groups excluding carboxylic acids is 1. The molecule has 16 heavy (non-hydrogen) atoms. The van der Waals surface area contributed by atoms with Gasteiger partial charge in [0.05, 0.1) is 5.69 Å². The van der Waals surface area contributed by atoms with Crippen LogP contribution in [0.15, 0.2) is 30.5 Å². The molecule has 82 valence electrons. The number of nitrogens with one attached hydrogen (secondary N) is 1. The van der Waals surface area contributed by atoms with E-state index in [1.165, 1.54) is 0 Å². The number of carbonyl (C=O) groups is 1. The Kier molecular flexibility index (Phi) is 2.72. The Hall–Kier alpha value is -2.10. The highest BCUT2D eigenvalue weighted by atomic mass is 16.1. The van der Waals surface area contributed by atoms with Crippen molar-refractivity contribution in [1.29, 1.82) is 0 Å². The summed E-state index contributed by atoms with van der Waals surface area (Å²) in [6.45, 7) is 2.04. The SMILES string of the molecule is CCc1nc(-c2ccc(C(N)=O)cc2)c[nH]1. The first-order valence-electron chi connectivity index (χ1n) is 5.15. The van der Waals surface area contributed by atoms with E-state index in [4.69, 9.17) is 5.73 Å². The quantitative estimate of drug-likeness (QED) is 0.818. The number of aromatic amines is 1. The number of nitrogens with two attached hydrogens (primary N) is 1. The number of rotatable bonds is 3. The Morgan fingerprint density at radius 1 is 1.38 bits per heavy atom. The Morgan fingerprint density at radius 3 is 2.56 bits per heavy atom. The van der Waals surface area contributed by atoms with Crippen LogP contribution in [0, 0.1) is 0 Å². The summed E-state index contributed by atoms with van der Waals surface area (Å²) in [5.41, 5.74) is 7.53. The molecule has 2 aromatic rings. The van der Waals surface area contributed by atoms with Crippen molar-refractivity contribution < 1.29 is 4.79 Å². The van der Waals surface area contributed by atoms with Crippen LogP contribution < -0.4 is 5.73 Å². The molecular weight excluding hydrogens is 202 g/mol. The third kappa shape index (κ3) is 1.95. The van der Waals surface area contributed by atoms with Crippen LogP contribution in [0.25, 0.3) is 11.3 Å². The lowest BCUT2D eigenvalue weighted by molar-refractivity contribution is 0.100. The highest BCUT2D eigenvalue weighted by molar-refractivity contribution is 5.93. The average molecular weight is 215 g/mol. The maximum absolute atomic E-state index is 10.9. The summed E-state index contributed by atoms with van der Waals surface area (Å²) in [7, 11) is 0. The molecule has 2 rings (SSSR count). The van der Waals surface area contributed by atoms with Crippen molar-refractivity contribution in [2.75, 3.05) is 0 Å². The lowest BCUT2D eigenvalue weighted by atomic mass is 10.1. The van der Waals surface area contributed by atoms with Gasteiger partial charge < -0.3 is 10.7 Å². The summed E-state index contributed by atoms with van der Waals surface area (Å²) >= 11 is 0. The number of H-pyrrole nitrogens is 1. The van der Waals surface area contributed by atoms with Gasteiger partial charge in [-0.3, -0.25) is 4.79 Å². The molecule has 4 nitrogen and oxygen atoms in total. The molecule has 0 bridgehead atoms. The monoisotopic (exact) mass is 215 g/mol. The van der Waals surface area contributed by atoms with Crippen molar-refractivity contribution >= 4 is 5.91 Å². The van der Waals surface area contributed by atoms with Crippen molar-refractivity contribution in [2.24, 2.45) is 5.73 Å². The lowest BCUT2D eigenvalue weighted by Gasteiger charge is -1.98. The van der Waals surface area contributed by atoms with Gasteiger partial charge in [0.2, 0.25) is 5.91 Å². The van der Waals surface area contributed by atoms with Gasteiger partial charge in [-0.15, -0.1) is 0 Å². The molecule has 0 aliphatic rings. The van der Waals surface area contributed by atoms with E-state index in [1.54, 1.807) is 12.1 Å². The van der Waals surface area contributed by atoms with E-state index in [9.17, 15) is 4.79 Å². The number of aromatic nitrogens is 2. The first kappa shape index (κ1) is 10.4. The Morgan fingerprint density at radius 2 is 2.06 bits per heavy atom. The Balaban J connectivity index is 2.30. The highest BCUT2D eigenvalue weighted by Gasteiger charge is 2.04. The molecule has 3 N–H and O–H groups in total. The van der Waals surface area contributed by atoms with E-state index >= 15 is 0 Å². The molecule has 0 saturated carbocycles. The number of nitrogens with zero attached hydrogens (tertiary/aromatic N) is 1. The minimum atomic E-state index is -0.414. The maximum Gasteiger partial charge on any atom is 0.248 e. The molecule has 0 unspecified atom stereocenters. The number of amides is 1. The number of benzene rings is 1. The van der Waals surface area contributed by atoms with Gasteiger partial charge in [-0.05, 0) is 12.1 Å². The third-order valence-electron chi connectivity index (χ3n) is 2.43. The first-order valence-corrected chi connectivity index (χ1v) is 5.15. The molecule has 0 aliphatic carbocycles. The van der Waals surface area contributed by atoms with Crippen LogP contribution in [0.5, 0.6) is 0 Å².